The van der Waals surface area contributed by atoms with Gasteiger partial charge in [0.25, 0.3) is 11.8 Å². The van der Waals surface area contributed by atoms with Gasteiger partial charge in [0.05, 0.1) is 26.7 Å². The monoisotopic (exact) mass is 286 g/mol. The van der Waals surface area contributed by atoms with E-state index in [0.717, 1.165) is 0 Å². The molecule has 2 rings (SSSR count). The molecule has 2 aliphatic heterocycles. The first-order valence-corrected chi connectivity index (χ1v) is 6.00. The highest BCUT2D eigenvalue weighted by Gasteiger charge is 2.38. The van der Waals surface area contributed by atoms with Gasteiger partial charge in [-0.1, -0.05) is 0 Å². The Labute approximate surface area is 109 Å². The lowest BCUT2D eigenvalue weighted by Crippen LogP contribution is -2.30. The number of ether oxygens (including phenoxy) is 1. The summed E-state index contributed by atoms with van der Waals surface area (Å²) in [7, 11) is 1.25. The standard InChI is InChI=1S/C7H11F2NO2.C4H7F2N/c1-12-6(11)4-10-3-2-7(8,9)5-10;5-4(6)1-2-7-3-4/h2-5H2,1H3;7H,1-3H2. The van der Waals surface area contributed by atoms with Crippen LogP contribution in [0.3, 0.4) is 0 Å². The van der Waals surface area contributed by atoms with Crippen LogP contribution >= 0.6 is 0 Å². The topological polar surface area (TPSA) is 41.6 Å². The van der Waals surface area contributed by atoms with Crippen molar-refractivity contribution in [2.45, 2.75) is 24.7 Å². The summed E-state index contributed by atoms with van der Waals surface area (Å²) in [5.74, 6) is -5.51. The van der Waals surface area contributed by atoms with E-state index in [4.69, 9.17) is 0 Å². The van der Waals surface area contributed by atoms with Crippen molar-refractivity contribution in [1.82, 2.24) is 10.2 Å². The number of likely N-dealkylation sites (tertiary alicyclic amines) is 1. The van der Waals surface area contributed by atoms with Crippen LogP contribution < -0.4 is 5.32 Å². The quantitative estimate of drug-likeness (QED) is 0.610. The van der Waals surface area contributed by atoms with E-state index in [1.807, 2.05) is 0 Å². The van der Waals surface area contributed by atoms with Crippen molar-refractivity contribution >= 4 is 5.97 Å². The van der Waals surface area contributed by atoms with Gasteiger partial charge in [-0.25, -0.2) is 17.6 Å². The summed E-state index contributed by atoms with van der Waals surface area (Å²) in [6.07, 6.45) is -0.156. The number of carbonyl (C=O) groups excluding carboxylic acids is 1. The predicted octanol–water partition coefficient (Wildman–Crippen LogP) is 1.12. The number of esters is 1. The average molecular weight is 286 g/mol. The van der Waals surface area contributed by atoms with E-state index in [1.165, 1.54) is 12.0 Å². The normalized spacial score (nSPS) is 24.7. The number of nitrogens with one attached hydrogen (secondary N) is 1. The van der Waals surface area contributed by atoms with E-state index in [9.17, 15) is 22.4 Å². The molecule has 0 aliphatic carbocycles. The molecule has 0 amide bonds. The van der Waals surface area contributed by atoms with Gasteiger partial charge in [0, 0.05) is 25.9 Å². The second-order valence-electron chi connectivity index (χ2n) is 4.68. The Bertz CT molecular complexity index is 305. The summed E-state index contributed by atoms with van der Waals surface area (Å²) in [5, 5.41) is 2.56. The lowest BCUT2D eigenvalue weighted by Gasteiger charge is -2.12. The van der Waals surface area contributed by atoms with Crippen LogP contribution in [0.2, 0.25) is 0 Å². The molecular formula is C11H18F4N2O2. The van der Waals surface area contributed by atoms with E-state index >= 15 is 0 Å². The summed E-state index contributed by atoms with van der Waals surface area (Å²) in [4.78, 5) is 12.1. The first kappa shape index (κ1) is 16.2. The van der Waals surface area contributed by atoms with E-state index in [2.05, 4.69) is 10.1 Å². The van der Waals surface area contributed by atoms with E-state index in [0.29, 0.717) is 6.54 Å². The maximum absolute atomic E-state index is 12.6. The SMILES string of the molecule is COC(=O)CN1CCC(F)(F)C1.FC1(F)CCNC1. The average Bonchev–Trinajstić information content (AvgIpc) is 2.85. The fourth-order valence-electron chi connectivity index (χ4n) is 1.82. The van der Waals surface area contributed by atoms with Gasteiger partial charge < -0.3 is 10.1 Å². The summed E-state index contributed by atoms with van der Waals surface area (Å²) in [6.45, 7) is 0.232. The molecule has 0 aromatic heterocycles. The maximum atomic E-state index is 12.6. The number of alkyl halides is 4. The van der Waals surface area contributed by atoms with Crippen molar-refractivity contribution in [1.29, 1.82) is 0 Å². The largest absolute Gasteiger partial charge is 0.468 e. The predicted molar refractivity (Wildman–Crippen MR) is 60.5 cm³/mol. The molecule has 0 aromatic rings. The molecule has 2 aliphatic rings. The van der Waals surface area contributed by atoms with Gasteiger partial charge in [0.1, 0.15) is 0 Å². The van der Waals surface area contributed by atoms with E-state index in [1.54, 1.807) is 0 Å². The van der Waals surface area contributed by atoms with Crippen LogP contribution in [0.1, 0.15) is 12.8 Å². The number of rotatable bonds is 2. The van der Waals surface area contributed by atoms with Gasteiger partial charge in [-0.05, 0) is 0 Å². The summed E-state index contributed by atoms with van der Waals surface area (Å²) < 4.78 is 53.2. The Balaban J connectivity index is 0.000000218. The highest BCUT2D eigenvalue weighted by molar-refractivity contribution is 5.71. The van der Waals surface area contributed by atoms with Crippen LogP contribution in [0.15, 0.2) is 0 Å². The number of hydrogen-bond acceptors (Lipinski definition) is 4. The van der Waals surface area contributed by atoms with Crippen LogP contribution in [-0.2, 0) is 9.53 Å². The van der Waals surface area contributed by atoms with Gasteiger partial charge in [-0.2, -0.15) is 0 Å². The summed E-state index contributed by atoms with van der Waals surface area (Å²) >= 11 is 0. The van der Waals surface area contributed by atoms with Gasteiger partial charge in [0.2, 0.25) is 0 Å². The third kappa shape index (κ3) is 6.20. The molecule has 2 saturated heterocycles. The van der Waals surface area contributed by atoms with E-state index < -0.39 is 17.8 Å². The van der Waals surface area contributed by atoms with Crippen LogP contribution in [0.5, 0.6) is 0 Å². The van der Waals surface area contributed by atoms with Crippen LogP contribution in [0.25, 0.3) is 0 Å². The number of carbonyl (C=O) groups is 1. The van der Waals surface area contributed by atoms with Gasteiger partial charge in [-0.15, -0.1) is 0 Å². The van der Waals surface area contributed by atoms with Crippen molar-refractivity contribution < 1.29 is 27.1 Å². The van der Waals surface area contributed by atoms with Crippen molar-refractivity contribution in [2.24, 2.45) is 0 Å². The molecule has 0 bridgehead atoms. The molecule has 0 spiro atoms. The van der Waals surface area contributed by atoms with Crippen LogP contribution in [-0.4, -0.2) is 62.5 Å². The highest BCUT2D eigenvalue weighted by atomic mass is 19.3. The van der Waals surface area contributed by atoms with Gasteiger partial charge >= 0.3 is 5.97 Å². The minimum atomic E-state index is -2.63. The van der Waals surface area contributed by atoms with Gasteiger partial charge in [-0.3, -0.25) is 9.69 Å². The Hall–Kier alpha value is -0.890. The second-order valence-corrected chi connectivity index (χ2v) is 4.68. The molecule has 2 heterocycles. The zero-order valence-corrected chi connectivity index (χ0v) is 10.7. The molecule has 0 aromatic carbocycles. The van der Waals surface area contributed by atoms with Crippen molar-refractivity contribution in [3.8, 4) is 0 Å². The Kier molecular flexibility index (Phi) is 5.54. The molecule has 0 unspecified atom stereocenters. The molecule has 0 saturated carbocycles. The maximum Gasteiger partial charge on any atom is 0.319 e. The molecular weight excluding hydrogens is 268 g/mol. The number of nitrogens with zero attached hydrogens (tertiary/aromatic N) is 1. The third-order valence-corrected chi connectivity index (χ3v) is 2.88. The number of hydrogen-bond donors (Lipinski definition) is 1. The summed E-state index contributed by atoms with van der Waals surface area (Å²) in [5.41, 5.74) is 0. The van der Waals surface area contributed by atoms with Crippen LogP contribution in [0, 0.1) is 0 Å². The fourth-order valence-corrected chi connectivity index (χ4v) is 1.82. The van der Waals surface area contributed by atoms with E-state index in [-0.39, 0.29) is 39.0 Å². The minimum absolute atomic E-state index is 0.00694. The number of halogens is 4. The molecule has 4 nitrogen and oxygen atoms in total. The molecule has 0 atom stereocenters. The lowest BCUT2D eigenvalue weighted by molar-refractivity contribution is -0.141. The van der Waals surface area contributed by atoms with Crippen molar-refractivity contribution in [3.05, 3.63) is 0 Å². The first-order valence-electron chi connectivity index (χ1n) is 6.00. The highest BCUT2D eigenvalue weighted by Crippen LogP contribution is 2.26. The Morgan fingerprint density at radius 3 is 2.26 bits per heavy atom. The third-order valence-electron chi connectivity index (χ3n) is 2.88. The molecule has 19 heavy (non-hydrogen) atoms. The zero-order chi connectivity index (χ0) is 14.5. The molecule has 2 fully saturated rings. The molecule has 8 heteroatoms. The number of methoxy groups -OCH3 is 1. The Morgan fingerprint density at radius 2 is 1.95 bits per heavy atom. The minimum Gasteiger partial charge on any atom is -0.468 e. The smallest absolute Gasteiger partial charge is 0.319 e. The van der Waals surface area contributed by atoms with Crippen LogP contribution in [0.4, 0.5) is 17.6 Å². The summed E-state index contributed by atoms with van der Waals surface area (Å²) in [6, 6.07) is 0. The second kappa shape index (κ2) is 6.51. The van der Waals surface area contributed by atoms with Crippen molar-refractivity contribution in [3.63, 3.8) is 0 Å². The molecule has 112 valence electrons. The fraction of sp³-hybridized carbons (Fsp3) is 0.909. The molecule has 1 N–H and O–H groups in total. The van der Waals surface area contributed by atoms with Crippen molar-refractivity contribution in [2.75, 3.05) is 39.8 Å². The first-order chi connectivity index (χ1) is 8.74. The zero-order valence-electron chi connectivity index (χ0n) is 10.7. The Morgan fingerprint density at radius 1 is 1.26 bits per heavy atom. The van der Waals surface area contributed by atoms with Gasteiger partial charge in [0.15, 0.2) is 0 Å². The lowest BCUT2D eigenvalue weighted by atomic mass is 10.3. The molecule has 0 radical (unpaired) electrons.